The Hall–Kier alpha value is -4.84. The lowest BCUT2D eigenvalue weighted by Gasteiger charge is -2.11. The van der Waals surface area contributed by atoms with E-state index in [4.69, 9.17) is 16.7 Å². The van der Waals surface area contributed by atoms with E-state index in [-0.39, 0.29) is 17.2 Å². The summed E-state index contributed by atoms with van der Waals surface area (Å²) in [6.07, 6.45) is 4.69. The molecule has 1 amide bonds. The molecule has 0 atom stereocenters. The van der Waals surface area contributed by atoms with Gasteiger partial charge in [0.15, 0.2) is 0 Å². The zero-order chi connectivity index (χ0) is 22.8. The number of nitrogen functional groups attached to an aromatic ring is 2. The van der Waals surface area contributed by atoms with E-state index in [1.54, 1.807) is 24.5 Å². The lowest BCUT2D eigenvalue weighted by molar-refractivity contribution is -0.112. The van der Waals surface area contributed by atoms with E-state index in [1.165, 1.54) is 30.5 Å². The van der Waals surface area contributed by atoms with Gasteiger partial charge >= 0.3 is 0 Å². The number of nitriles is 1. The molecule has 0 aliphatic rings. The van der Waals surface area contributed by atoms with Gasteiger partial charge in [-0.2, -0.15) is 5.26 Å². The number of anilines is 3. The van der Waals surface area contributed by atoms with E-state index in [1.807, 2.05) is 13.0 Å². The lowest BCUT2D eigenvalue weighted by atomic mass is 10.0. The summed E-state index contributed by atoms with van der Waals surface area (Å²) in [5.74, 6) is -1.14. The van der Waals surface area contributed by atoms with Crippen LogP contribution in [0.1, 0.15) is 21.5 Å². The molecule has 0 unspecified atom stereocenters. The normalized spacial score (nSPS) is 10.5. The number of ketones is 1. The fourth-order valence-electron chi connectivity index (χ4n) is 3.18. The van der Waals surface area contributed by atoms with E-state index in [0.717, 1.165) is 11.1 Å². The average molecular weight is 423 g/mol. The molecule has 4 aromatic rings. The Morgan fingerprint density at radius 2 is 1.81 bits per heavy atom. The van der Waals surface area contributed by atoms with Crippen molar-refractivity contribution in [2.75, 3.05) is 16.8 Å². The molecule has 9 nitrogen and oxygen atoms in total. The van der Waals surface area contributed by atoms with Crippen LogP contribution >= 0.6 is 0 Å². The minimum Gasteiger partial charge on any atom is -0.397 e. The highest BCUT2D eigenvalue weighted by Gasteiger charge is 2.18. The smallest absolute Gasteiger partial charge is 0.297 e. The first-order chi connectivity index (χ1) is 15.4. The minimum atomic E-state index is -0.848. The van der Waals surface area contributed by atoms with Crippen molar-refractivity contribution in [2.24, 2.45) is 0 Å². The maximum atomic E-state index is 12.4. The Labute approximate surface area is 182 Å². The van der Waals surface area contributed by atoms with Crippen LogP contribution in [0.25, 0.3) is 22.0 Å². The zero-order valence-corrected chi connectivity index (χ0v) is 17.0. The van der Waals surface area contributed by atoms with Crippen molar-refractivity contribution in [3.63, 3.8) is 0 Å². The van der Waals surface area contributed by atoms with E-state index in [9.17, 15) is 9.59 Å². The number of benzene rings is 1. The molecule has 3 heterocycles. The van der Waals surface area contributed by atoms with Gasteiger partial charge in [-0.05, 0) is 54.3 Å². The Kier molecular flexibility index (Phi) is 5.18. The highest BCUT2D eigenvalue weighted by atomic mass is 16.2. The van der Waals surface area contributed by atoms with Gasteiger partial charge in [0.05, 0.1) is 29.2 Å². The topological polar surface area (TPSA) is 161 Å². The van der Waals surface area contributed by atoms with Gasteiger partial charge in [-0.25, -0.2) is 9.97 Å². The van der Waals surface area contributed by atoms with Gasteiger partial charge in [0.25, 0.3) is 11.7 Å². The number of Topliss-reactive ketones (excluding diaryl/α,β-unsaturated/α-hetero) is 1. The van der Waals surface area contributed by atoms with Gasteiger partial charge < -0.3 is 16.8 Å². The number of carbonyl (C=O) groups is 2. The summed E-state index contributed by atoms with van der Waals surface area (Å²) >= 11 is 0. The Morgan fingerprint density at radius 3 is 2.53 bits per heavy atom. The van der Waals surface area contributed by atoms with Crippen molar-refractivity contribution in [1.29, 1.82) is 5.26 Å². The fourth-order valence-corrected chi connectivity index (χ4v) is 3.18. The molecular weight excluding hydrogens is 406 g/mol. The van der Waals surface area contributed by atoms with Crippen molar-refractivity contribution >= 4 is 39.8 Å². The number of nitrogens with zero attached hydrogens (tertiary/aromatic N) is 4. The summed E-state index contributed by atoms with van der Waals surface area (Å²) in [4.78, 5) is 37.5. The van der Waals surface area contributed by atoms with Gasteiger partial charge in [-0.15, -0.1) is 0 Å². The number of carbonyl (C=O) groups excluding carboxylic acids is 2. The standard InChI is InChI=1S/C23H17N7O2/c1-12-16(9-27-11-18(12)25)19-6-15-7-20(28-10-17(15)22(26)29-19)30-23(32)21(31)14-4-2-13(8-24)3-5-14/h2-7,9-11H,25H2,1H3,(H2,26,29)(H,28,30,32). The first kappa shape index (κ1) is 20.4. The third kappa shape index (κ3) is 3.80. The third-order valence-electron chi connectivity index (χ3n) is 5.00. The number of nitrogens with two attached hydrogens (primary N) is 2. The molecule has 0 aliphatic carbocycles. The molecule has 5 N–H and O–H groups in total. The molecule has 1 aromatic carbocycles. The van der Waals surface area contributed by atoms with Crippen molar-refractivity contribution in [3.05, 3.63) is 71.7 Å². The first-order valence-electron chi connectivity index (χ1n) is 9.50. The maximum Gasteiger partial charge on any atom is 0.297 e. The largest absolute Gasteiger partial charge is 0.397 e. The van der Waals surface area contributed by atoms with Crippen LogP contribution in [0, 0.1) is 18.3 Å². The molecule has 9 heteroatoms. The summed E-state index contributed by atoms with van der Waals surface area (Å²) in [5.41, 5.74) is 15.3. The molecule has 156 valence electrons. The second-order valence-electron chi connectivity index (χ2n) is 7.06. The summed E-state index contributed by atoms with van der Waals surface area (Å²) in [6, 6.07) is 11.1. The van der Waals surface area contributed by atoms with Crippen LogP contribution in [0.2, 0.25) is 0 Å². The second-order valence-corrected chi connectivity index (χ2v) is 7.06. The highest BCUT2D eigenvalue weighted by molar-refractivity contribution is 6.46. The molecule has 0 fully saturated rings. The predicted octanol–water partition coefficient (Wildman–Crippen LogP) is 2.86. The van der Waals surface area contributed by atoms with Gasteiger partial charge in [0.1, 0.15) is 11.6 Å². The van der Waals surface area contributed by atoms with Crippen LogP contribution in [0.4, 0.5) is 17.3 Å². The van der Waals surface area contributed by atoms with Crippen LogP contribution in [0.15, 0.2) is 55.0 Å². The number of rotatable bonds is 4. The summed E-state index contributed by atoms with van der Waals surface area (Å²) in [5, 5.41) is 12.6. The molecule has 3 aromatic heterocycles. The summed E-state index contributed by atoms with van der Waals surface area (Å²) in [6.45, 7) is 1.86. The van der Waals surface area contributed by atoms with Crippen LogP contribution in [0.3, 0.4) is 0 Å². The minimum absolute atomic E-state index is 0.169. The molecule has 0 radical (unpaired) electrons. The van der Waals surface area contributed by atoms with Crippen LogP contribution in [0.5, 0.6) is 0 Å². The second kappa shape index (κ2) is 8.12. The average Bonchev–Trinajstić information content (AvgIpc) is 2.80. The summed E-state index contributed by atoms with van der Waals surface area (Å²) < 4.78 is 0. The van der Waals surface area contributed by atoms with Crippen molar-refractivity contribution in [1.82, 2.24) is 15.0 Å². The molecule has 0 saturated heterocycles. The van der Waals surface area contributed by atoms with Crippen LogP contribution < -0.4 is 16.8 Å². The zero-order valence-electron chi connectivity index (χ0n) is 17.0. The van der Waals surface area contributed by atoms with Crippen LogP contribution in [-0.2, 0) is 4.79 Å². The van der Waals surface area contributed by atoms with Gasteiger partial charge in [-0.3, -0.25) is 14.6 Å². The molecule has 0 aliphatic heterocycles. The quantitative estimate of drug-likeness (QED) is 0.333. The molecule has 32 heavy (non-hydrogen) atoms. The van der Waals surface area contributed by atoms with E-state index < -0.39 is 11.7 Å². The van der Waals surface area contributed by atoms with Crippen molar-refractivity contribution in [2.45, 2.75) is 6.92 Å². The van der Waals surface area contributed by atoms with Crippen LogP contribution in [-0.4, -0.2) is 26.6 Å². The molecule has 0 saturated carbocycles. The number of aromatic nitrogens is 3. The van der Waals surface area contributed by atoms with Gasteiger partial charge in [0, 0.05) is 28.9 Å². The first-order valence-corrected chi connectivity index (χ1v) is 9.50. The third-order valence-corrected chi connectivity index (χ3v) is 5.00. The lowest BCUT2D eigenvalue weighted by Crippen LogP contribution is -2.23. The number of hydrogen-bond acceptors (Lipinski definition) is 8. The Balaban J connectivity index is 1.65. The number of pyridine rings is 3. The van der Waals surface area contributed by atoms with Gasteiger partial charge in [-0.1, -0.05) is 0 Å². The van der Waals surface area contributed by atoms with E-state index >= 15 is 0 Å². The fraction of sp³-hybridized carbons (Fsp3) is 0.0435. The van der Waals surface area contributed by atoms with E-state index in [0.29, 0.717) is 27.7 Å². The SMILES string of the molecule is Cc1c(N)cncc1-c1cc2cc(NC(=O)C(=O)c3ccc(C#N)cc3)ncc2c(N)n1. The van der Waals surface area contributed by atoms with Crippen molar-refractivity contribution in [3.8, 4) is 17.3 Å². The molecular formula is C23H17N7O2. The van der Waals surface area contributed by atoms with E-state index in [2.05, 4.69) is 20.3 Å². The maximum absolute atomic E-state index is 12.4. The number of nitrogens with one attached hydrogen (secondary N) is 1. The molecule has 4 rings (SSSR count). The molecule has 0 bridgehead atoms. The predicted molar refractivity (Wildman–Crippen MR) is 120 cm³/mol. The monoisotopic (exact) mass is 423 g/mol. The Morgan fingerprint density at radius 1 is 1.06 bits per heavy atom. The van der Waals surface area contributed by atoms with Gasteiger partial charge in [0.2, 0.25) is 0 Å². The highest BCUT2D eigenvalue weighted by Crippen LogP contribution is 2.30. The Bertz CT molecular complexity index is 1420. The number of hydrogen-bond donors (Lipinski definition) is 3. The number of amides is 1. The number of fused-ring (bicyclic) bond motifs is 1. The molecule has 0 spiro atoms. The van der Waals surface area contributed by atoms with Crippen molar-refractivity contribution < 1.29 is 9.59 Å². The summed E-state index contributed by atoms with van der Waals surface area (Å²) in [7, 11) is 0.